The van der Waals surface area contributed by atoms with Gasteiger partial charge in [0, 0.05) is 24.7 Å². The Morgan fingerprint density at radius 1 is 1.17 bits per heavy atom. The van der Waals surface area contributed by atoms with E-state index in [1.54, 1.807) is 0 Å². The normalized spacial score (nSPS) is 30.5. The summed E-state index contributed by atoms with van der Waals surface area (Å²) in [6.45, 7) is 7.12. The van der Waals surface area contributed by atoms with Gasteiger partial charge in [-0.25, -0.2) is 0 Å². The van der Waals surface area contributed by atoms with E-state index < -0.39 is 0 Å². The van der Waals surface area contributed by atoms with Gasteiger partial charge in [0.05, 0.1) is 5.92 Å². The van der Waals surface area contributed by atoms with Crippen LogP contribution >= 0.6 is 0 Å². The topological polar surface area (TPSA) is 49.4 Å². The molecule has 2 fully saturated rings. The highest BCUT2D eigenvalue weighted by molar-refractivity contribution is 5.97. The molecule has 0 aromatic heterocycles. The molecule has 0 radical (unpaired) electrons. The fourth-order valence-corrected chi connectivity index (χ4v) is 4.10. The minimum absolute atomic E-state index is 0.0359. The molecule has 2 amide bonds. The van der Waals surface area contributed by atoms with E-state index in [1.165, 1.54) is 12.8 Å². The zero-order chi connectivity index (χ0) is 17.3. The summed E-state index contributed by atoms with van der Waals surface area (Å²) in [5.74, 6) is 1.04. The molecular weight excluding hydrogens is 300 g/mol. The summed E-state index contributed by atoms with van der Waals surface area (Å²) >= 11 is 0. The van der Waals surface area contributed by atoms with Crippen molar-refractivity contribution in [2.24, 2.45) is 17.8 Å². The van der Waals surface area contributed by atoms with Crippen molar-refractivity contribution in [1.29, 1.82) is 0 Å². The molecule has 130 valence electrons. The highest BCUT2D eigenvalue weighted by Gasteiger charge is 2.41. The summed E-state index contributed by atoms with van der Waals surface area (Å²) in [6, 6.07) is 8.08. The number of likely N-dealkylation sites (tertiary alicyclic amines) is 1. The lowest BCUT2D eigenvalue weighted by molar-refractivity contribution is -0.131. The third kappa shape index (κ3) is 3.47. The summed E-state index contributed by atoms with van der Waals surface area (Å²) in [5, 5.41) is 2.96. The predicted octanol–water partition coefficient (Wildman–Crippen LogP) is 3.61. The van der Waals surface area contributed by atoms with Crippen LogP contribution in [-0.2, 0) is 9.59 Å². The smallest absolute Gasteiger partial charge is 0.229 e. The molecule has 4 heteroatoms. The number of carbonyl (C=O) groups is 2. The molecule has 4 atom stereocenters. The van der Waals surface area contributed by atoms with Crippen molar-refractivity contribution in [2.75, 3.05) is 11.9 Å². The summed E-state index contributed by atoms with van der Waals surface area (Å²) in [7, 11) is 0. The first-order valence-corrected chi connectivity index (χ1v) is 9.12. The van der Waals surface area contributed by atoms with E-state index in [4.69, 9.17) is 0 Å². The molecule has 3 rings (SSSR count). The van der Waals surface area contributed by atoms with E-state index in [0.717, 1.165) is 17.7 Å². The van der Waals surface area contributed by atoms with Crippen LogP contribution in [-0.4, -0.2) is 29.3 Å². The van der Waals surface area contributed by atoms with Gasteiger partial charge in [-0.05, 0) is 37.3 Å². The number of aryl methyl sites for hydroxylation is 1. The number of amides is 2. The number of carbonyl (C=O) groups excluding carboxylic acids is 2. The molecule has 1 saturated carbocycles. The second-order valence-electron chi connectivity index (χ2n) is 7.64. The second kappa shape index (κ2) is 6.96. The maximum atomic E-state index is 12.5. The van der Waals surface area contributed by atoms with Crippen LogP contribution in [0.15, 0.2) is 24.3 Å². The molecule has 1 saturated heterocycles. The van der Waals surface area contributed by atoms with Gasteiger partial charge in [-0.15, -0.1) is 0 Å². The molecule has 2 aliphatic rings. The van der Waals surface area contributed by atoms with Crippen LogP contribution in [0.4, 0.5) is 5.69 Å². The molecule has 0 unspecified atom stereocenters. The molecule has 1 aromatic carbocycles. The molecule has 1 aliphatic carbocycles. The number of hydrogen-bond donors (Lipinski definition) is 1. The average molecular weight is 328 g/mol. The van der Waals surface area contributed by atoms with Crippen molar-refractivity contribution >= 4 is 17.5 Å². The Balaban J connectivity index is 1.63. The van der Waals surface area contributed by atoms with E-state index in [0.29, 0.717) is 30.8 Å². The van der Waals surface area contributed by atoms with Gasteiger partial charge in [0.1, 0.15) is 0 Å². The van der Waals surface area contributed by atoms with E-state index in [-0.39, 0.29) is 17.7 Å². The SMILES string of the molecule is Cc1ccc(NC(=O)[C@H]2CC(=O)N([C@H]3CCC[C@H](C)[C@@H]3C)C2)cc1. The number of nitrogens with one attached hydrogen (secondary N) is 1. The van der Waals surface area contributed by atoms with Crippen molar-refractivity contribution < 1.29 is 9.59 Å². The zero-order valence-corrected chi connectivity index (χ0v) is 14.9. The van der Waals surface area contributed by atoms with Gasteiger partial charge in [0.2, 0.25) is 11.8 Å². The summed E-state index contributed by atoms with van der Waals surface area (Å²) in [6.07, 6.45) is 3.84. The van der Waals surface area contributed by atoms with Crippen LogP contribution in [0.25, 0.3) is 0 Å². The first-order valence-electron chi connectivity index (χ1n) is 9.12. The minimum Gasteiger partial charge on any atom is -0.339 e. The van der Waals surface area contributed by atoms with Crippen LogP contribution < -0.4 is 5.32 Å². The molecule has 24 heavy (non-hydrogen) atoms. The Morgan fingerprint density at radius 2 is 1.88 bits per heavy atom. The molecule has 1 aromatic rings. The molecule has 1 aliphatic heterocycles. The van der Waals surface area contributed by atoms with E-state index in [2.05, 4.69) is 19.2 Å². The standard InChI is InChI=1S/C20H28N2O2/c1-13-7-9-17(10-8-13)21-20(24)16-11-19(23)22(12-16)18-6-4-5-14(2)15(18)3/h7-10,14-16,18H,4-6,11-12H2,1-3H3,(H,21,24)/t14-,15-,16-,18-/m0/s1. The third-order valence-corrected chi connectivity index (χ3v) is 5.91. The maximum absolute atomic E-state index is 12.5. The van der Waals surface area contributed by atoms with Crippen LogP contribution in [0.3, 0.4) is 0 Å². The molecule has 0 bridgehead atoms. The monoisotopic (exact) mass is 328 g/mol. The lowest BCUT2D eigenvalue weighted by Gasteiger charge is -2.40. The van der Waals surface area contributed by atoms with Crippen molar-refractivity contribution in [3.05, 3.63) is 29.8 Å². The summed E-state index contributed by atoms with van der Waals surface area (Å²) in [4.78, 5) is 27.0. The largest absolute Gasteiger partial charge is 0.339 e. The van der Waals surface area contributed by atoms with Gasteiger partial charge in [-0.2, -0.15) is 0 Å². The van der Waals surface area contributed by atoms with Crippen LogP contribution in [0.1, 0.15) is 45.1 Å². The first-order chi connectivity index (χ1) is 11.5. The van der Waals surface area contributed by atoms with Crippen LogP contribution in [0.2, 0.25) is 0 Å². The highest BCUT2D eigenvalue weighted by Crippen LogP contribution is 2.35. The predicted molar refractivity (Wildman–Crippen MR) is 95.6 cm³/mol. The fourth-order valence-electron chi connectivity index (χ4n) is 4.10. The van der Waals surface area contributed by atoms with Crippen molar-refractivity contribution in [3.8, 4) is 0 Å². The number of nitrogens with zero attached hydrogens (tertiary/aromatic N) is 1. The lowest BCUT2D eigenvalue weighted by Crippen LogP contribution is -2.45. The fraction of sp³-hybridized carbons (Fsp3) is 0.600. The highest BCUT2D eigenvalue weighted by atomic mass is 16.2. The van der Waals surface area contributed by atoms with Gasteiger partial charge in [0.25, 0.3) is 0 Å². The van der Waals surface area contributed by atoms with Gasteiger partial charge in [-0.3, -0.25) is 9.59 Å². The van der Waals surface area contributed by atoms with E-state index >= 15 is 0 Å². The Hall–Kier alpha value is -1.84. The Labute approximate surface area is 144 Å². The third-order valence-electron chi connectivity index (χ3n) is 5.91. The summed E-state index contributed by atoms with van der Waals surface area (Å²) in [5.41, 5.74) is 1.96. The molecule has 1 heterocycles. The maximum Gasteiger partial charge on any atom is 0.229 e. The van der Waals surface area contributed by atoms with Gasteiger partial charge in [-0.1, -0.05) is 44.4 Å². The molecule has 0 spiro atoms. The van der Waals surface area contributed by atoms with Crippen LogP contribution in [0.5, 0.6) is 0 Å². The van der Waals surface area contributed by atoms with E-state index in [1.807, 2.05) is 36.1 Å². The summed E-state index contributed by atoms with van der Waals surface area (Å²) < 4.78 is 0. The second-order valence-corrected chi connectivity index (χ2v) is 7.64. The number of anilines is 1. The molecule has 1 N–H and O–H groups in total. The zero-order valence-electron chi connectivity index (χ0n) is 14.9. The first kappa shape index (κ1) is 17.0. The Morgan fingerprint density at radius 3 is 2.58 bits per heavy atom. The number of benzene rings is 1. The molecular formula is C20H28N2O2. The van der Waals surface area contributed by atoms with Crippen LogP contribution in [0, 0.1) is 24.7 Å². The number of hydrogen-bond acceptors (Lipinski definition) is 2. The lowest BCUT2D eigenvalue weighted by atomic mass is 9.77. The molecule has 4 nitrogen and oxygen atoms in total. The average Bonchev–Trinajstić information content (AvgIpc) is 2.94. The minimum atomic E-state index is -0.233. The number of rotatable bonds is 3. The van der Waals surface area contributed by atoms with Gasteiger partial charge in [0.15, 0.2) is 0 Å². The van der Waals surface area contributed by atoms with Crippen molar-refractivity contribution in [1.82, 2.24) is 4.90 Å². The van der Waals surface area contributed by atoms with Gasteiger partial charge < -0.3 is 10.2 Å². The Kier molecular flexibility index (Phi) is 4.93. The van der Waals surface area contributed by atoms with E-state index in [9.17, 15) is 9.59 Å². The quantitative estimate of drug-likeness (QED) is 0.921. The Bertz CT molecular complexity index is 611. The van der Waals surface area contributed by atoms with Crippen molar-refractivity contribution in [3.63, 3.8) is 0 Å². The van der Waals surface area contributed by atoms with Gasteiger partial charge >= 0.3 is 0 Å². The van der Waals surface area contributed by atoms with Crippen molar-refractivity contribution in [2.45, 2.75) is 52.5 Å².